The lowest BCUT2D eigenvalue weighted by Crippen LogP contribution is -2.29. The number of anilines is 1. The van der Waals surface area contributed by atoms with Crippen molar-refractivity contribution in [1.82, 2.24) is 14.7 Å². The van der Waals surface area contributed by atoms with Crippen LogP contribution in [0.3, 0.4) is 0 Å². The van der Waals surface area contributed by atoms with Crippen molar-refractivity contribution in [1.29, 1.82) is 0 Å². The number of fused-ring (bicyclic) bond motifs is 1. The molecule has 0 spiro atoms. The van der Waals surface area contributed by atoms with Crippen molar-refractivity contribution in [2.75, 3.05) is 5.32 Å². The molecule has 1 aromatic heterocycles. The highest BCUT2D eigenvalue weighted by Gasteiger charge is 2.36. The molecule has 5 rings (SSSR count). The van der Waals surface area contributed by atoms with E-state index in [4.69, 9.17) is 5.73 Å². The zero-order valence-corrected chi connectivity index (χ0v) is 18.3. The summed E-state index contributed by atoms with van der Waals surface area (Å²) in [5.74, 6) is -1.85. The van der Waals surface area contributed by atoms with Crippen LogP contribution in [0.4, 0.5) is 5.69 Å². The molecule has 4 aromatic rings. The van der Waals surface area contributed by atoms with Gasteiger partial charge in [0.25, 0.3) is 23.6 Å². The number of carbonyl (C=O) groups excluding carboxylic acids is 4. The average molecular weight is 465 g/mol. The van der Waals surface area contributed by atoms with Crippen molar-refractivity contribution in [2.24, 2.45) is 5.73 Å². The molecule has 0 radical (unpaired) electrons. The predicted molar refractivity (Wildman–Crippen MR) is 127 cm³/mol. The Kier molecular flexibility index (Phi) is 5.42. The third kappa shape index (κ3) is 4.18. The Morgan fingerprint density at radius 3 is 2.26 bits per heavy atom. The van der Waals surface area contributed by atoms with Crippen LogP contribution in [0.15, 0.2) is 85.1 Å². The third-order valence-electron chi connectivity index (χ3n) is 5.65. The maximum Gasteiger partial charge on any atom is 0.269 e. The number of nitrogens with one attached hydrogen (secondary N) is 1. The molecule has 9 nitrogen and oxygen atoms in total. The van der Waals surface area contributed by atoms with Gasteiger partial charge in [-0.3, -0.25) is 24.1 Å². The lowest BCUT2D eigenvalue weighted by atomic mass is 10.1. The first-order valence-electron chi connectivity index (χ1n) is 10.7. The van der Waals surface area contributed by atoms with Crippen LogP contribution >= 0.6 is 0 Å². The highest BCUT2D eigenvalue weighted by atomic mass is 16.2. The lowest BCUT2D eigenvalue weighted by molar-refractivity contribution is 0.0642. The normalized spacial score (nSPS) is 12.5. The molecule has 0 saturated carbocycles. The highest BCUT2D eigenvalue weighted by Crippen LogP contribution is 2.26. The Hall–Kier alpha value is -5.05. The van der Waals surface area contributed by atoms with E-state index >= 15 is 0 Å². The maximum atomic E-state index is 12.9. The molecule has 0 fully saturated rings. The van der Waals surface area contributed by atoms with Crippen molar-refractivity contribution < 1.29 is 19.2 Å². The topological polar surface area (TPSA) is 127 Å². The molecule has 0 aliphatic carbocycles. The van der Waals surface area contributed by atoms with Gasteiger partial charge in [-0.25, -0.2) is 4.68 Å². The minimum Gasteiger partial charge on any atom is -0.364 e. The van der Waals surface area contributed by atoms with Crippen LogP contribution < -0.4 is 11.1 Å². The van der Waals surface area contributed by atoms with Crippen LogP contribution in [0.2, 0.25) is 0 Å². The number of benzene rings is 3. The monoisotopic (exact) mass is 465 g/mol. The lowest BCUT2D eigenvalue weighted by Gasteiger charge is -2.13. The summed E-state index contributed by atoms with van der Waals surface area (Å²) in [5, 5.41) is 6.86. The van der Waals surface area contributed by atoms with Crippen LogP contribution in [0.25, 0.3) is 5.69 Å². The van der Waals surface area contributed by atoms with Crippen molar-refractivity contribution in [3.05, 3.63) is 113 Å². The fourth-order valence-electron chi connectivity index (χ4n) is 3.84. The van der Waals surface area contributed by atoms with Gasteiger partial charge in [0.2, 0.25) is 0 Å². The molecular formula is C26H19N5O4. The zero-order valence-electron chi connectivity index (χ0n) is 18.3. The maximum absolute atomic E-state index is 12.9. The van der Waals surface area contributed by atoms with Gasteiger partial charge in [-0.15, -0.1) is 0 Å². The summed E-state index contributed by atoms with van der Waals surface area (Å²) < 4.78 is 1.50. The third-order valence-corrected chi connectivity index (χ3v) is 5.65. The van der Waals surface area contributed by atoms with E-state index in [1.807, 2.05) is 30.3 Å². The van der Waals surface area contributed by atoms with Gasteiger partial charge in [-0.05, 0) is 54.1 Å². The van der Waals surface area contributed by atoms with Crippen LogP contribution in [-0.4, -0.2) is 38.3 Å². The number of hydrogen-bond donors (Lipinski definition) is 2. The quantitative estimate of drug-likeness (QED) is 0.423. The van der Waals surface area contributed by atoms with E-state index in [0.717, 1.165) is 5.56 Å². The second-order valence-electron chi connectivity index (χ2n) is 7.95. The molecule has 2 heterocycles. The summed E-state index contributed by atoms with van der Waals surface area (Å²) in [6.45, 7) is 0.165. The van der Waals surface area contributed by atoms with Crippen molar-refractivity contribution in [3.8, 4) is 5.69 Å². The first kappa shape index (κ1) is 21.8. The minimum absolute atomic E-state index is 0.148. The SMILES string of the molecule is NC(=O)c1ccn(-c2ccc(NC(=O)c3ccc4c(c3)C(=O)N(Cc3ccccc3)C4=O)cc2)n1. The molecule has 0 bridgehead atoms. The van der Waals surface area contributed by atoms with E-state index in [1.165, 1.54) is 33.8 Å². The number of carbonyl (C=O) groups is 4. The number of imide groups is 1. The van der Waals surface area contributed by atoms with E-state index in [-0.39, 0.29) is 34.8 Å². The molecule has 172 valence electrons. The number of hydrogen-bond acceptors (Lipinski definition) is 5. The van der Waals surface area contributed by atoms with Crippen LogP contribution in [-0.2, 0) is 6.54 Å². The molecule has 0 atom stereocenters. The van der Waals surface area contributed by atoms with Crippen molar-refractivity contribution in [2.45, 2.75) is 6.54 Å². The molecule has 1 aliphatic heterocycles. The molecule has 1 aliphatic rings. The molecule has 3 N–H and O–H groups in total. The van der Waals surface area contributed by atoms with E-state index in [1.54, 1.807) is 30.5 Å². The summed E-state index contributed by atoms with van der Waals surface area (Å²) in [6, 6.07) is 22.0. The van der Waals surface area contributed by atoms with Gasteiger partial charge in [-0.2, -0.15) is 5.10 Å². The Morgan fingerprint density at radius 2 is 1.57 bits per heavy atom. The first-order valence-corrected chi connectivity index (χ1v) is 10.7. The average Bonchev–Trinajstić information content (AvgIpc) is 3.45. The predicted octanol–water partition coefficient (Wildman–Crippen LogP) is 3.02. The molecule has 35 heavy (non-hydrogen) atoms. The zero-order chi connectivity index (χ0) is 24.5. The van der Waals surface area contributed by atoms with E-state index < -0.39 is 17.7 Å². The van der Waals surface area contributed by atoms with Gasteiger partial charge in [0.1, 0.15) is 5.69 Å². The number of primary amides is 1. The van der Waals surface area contributed by atoms with Gasteiger partial charge in [0.05, 0.1) is 23.4 Å². The van der Waals surface area contributed by atoms with Crippen molar-refractivity contribution in [3.63, 3.8) is 0 Å². The van der Waals surface area contributed by atoms with Gasteiger partial charge in [0, 0.05) is 17.4 Å². The molecule has 9 heteroatoms. The van der Waals surface area contributed by atoms with Crippen LogP contribution in [0, 0.1) is 0 Å². The Morgan fingerprint density at radius 1 is 0.857 bits per heavy atom. The Labute approximate surface area is 199 Å². The fourth-order valence-corrected chi connectivity index (χ4v) is 3.84. The number of amides is 4. The molecule has 0 unspecified atom stereocenters. The van der Waals surface area contributed by atoms with Crippen LogP contribution in [0.5, 0.6) is 0 Å². The van der Waals surface area contributed by atoms with Gasteiger partial charge >= 0.3 is 0 Å². The minimum atomic E-state index is -0.620. The number of aromatic nitrogens is 2. The first-order chi connectivity index (χ1) is 16.9. The van der Waals surface area contributed by atoms with Gasteiger partial charge in [0.15, 0.2) is 0 Å². The summed E-state index contributed by atoms with van der Waals surface area (Å²) in [4.78, 5) is 50.9. The number of nitrogens with two attached hydrogens (primary N) is 1. The van der Waals surface area contributed by atoms with E-state index in [9.17, 15) is 19.2 Å². The fraction of sp³-hybridized carbons (Fsp3) is 0.0385. The van der Waals surface area contributed by atoms with E-state index in [2.05, 4.69) is 10.4 Å². The summed E-state index contributed by atoms with van der Waals surface area (Å²) in [7, 11) is 0. The number of rotatable bonds is 6. The summed E-state index contributed by atoms with van der Waals surface area (Å²) in [5.41, 5.74) is 8.15. The van der Waals surface area contributed by atoms with Gasteiger partial charge in [-0.1, -0.05) is 30.3 Å². The smallest absolute Gasteiger partial charge is 0.269 e. The second-order valence-corrected chi connectivity index (χ2v) is 7.95. The standard InChI is InChI=1S/C26H19N5O4/c27-23(32)22-12-13-31(29-22)19-9-7-18(8-10-19)28-24(33)17-6-11-20-21(14-17)26(35)30(25(20)34)15-16-4-2-1-3-5-16/h1-14H,15H2,(H2,27,32)(H,28,33). The largest absolute Gasteiger partial charge is 0.364 e. The Balaban J connectivity index is 1.30. The number of nitrogens with zero attached hydrogens (tertiary/aromatic N) is 3. The Bertz CT molecular complexity index is 1480. The molecule has 0 saturated heterocycles. The van der Waals surface area contributed by atoms with Gasteiger partial charge < -0.3 is 11.1 Å². The summed E-state index contributed by atoms with van der Waals surface area (Å²) in [6.07, 6.45) is 1.61. The van der Waals surface area contributed by atoms with Crippen molar-refractivity contribution >= 4 is 29.3 Å². The molecular weight excluding hydrogens is 446 g/mol. The highest BCUT2D eigenvalue weighted by molar-refractivity contribution is 6.22. The summed E-state index contributed by atoms with van der Waals surface area (Å²) >= 11 is 0. The van der Waals surface area contributed by atoms with Crippen LogP contribution in [0.1, 0.15) is 47.1 Å². The molecule has 4 amide bonds. The molecule has 3 aromatic carbocycles. The second kappa shape index (κ2) is 8.71. The van der Waals surface area contributed by atoms with E-state index in [0.29, 0.717) is 11.4 Å².